The van der Waals surface area contributed by atoms with E-state index in [9.17, 15) is 18.7 Å². The largest absolute Gasteiger partial charge is 0.471 e. The van der Waals surface area contributed by atoms with Gasteiger partial charge in [-0.1, -0.05) is 11.6 Å². The SMILES string of the molecule is COC(=O)c1cc(F)c(COc2nc3nc(O[C@@H]4CO[C@H]5[C@@H]4OC[C@H]5O)[nH]c3cc2Cl)c(F)c1. The molecule has 0 saturated carbocycles. The third-order valence-electron chi connectivity index (χ3n) is 5.53. The number of nitrogens with zero attached hydrogens (tertiary/aromatic N) is 2. The summed E-state index contributed by atoms with van der Waals surface area (Å²) in [6, 6.07) is 3.32. The van der Waals surface area contributed by atoms with Gasteiger partial charge in [-0.2, -0.15) is 9.97 Å². The molecule has 0 aliphatic carbocycles. The first-order chi connectivity index (χ1) is 16.3. The van der Waals surface area contributed by atoms with Gasteiger partial charge in [-0.15, -0.1) is 0 Å². The number of fused-ring (bicyclic) bond motifs is 2. The van der Waals surface area contributed by atoms with E-state index < -0.39 is 54.2 Å². The van der Waals surface area contributed by atoms with E-state index in [1.165, 1.54) is 6.07 Å². The molecule has 2 aromatic heterocycles. The number of aliphatic hydroxyl groups is 1. The summed E-state index contributed by atoms with van der Waals surface area (Å²) >= 11 is 6.21. The summed E-state index contributed by atoms with van der Waals surface area (Å²) in [5, 5.41) is 9.91. The Labute approximate surface area is 195 Å². The number of carbonyl (C=O) groups is 1. The minimum Gasteiger partial charge on any atom is -0.471 e. The van der Waals surface area contributed by atoms with Crippen molar-refractivity contribution in [3.63, 3.8) is 0 Å². The molecule has 34 heavy (non-hydrogen) atoms. The number of methoxy groups -OCH3 is 1. The van der Waals surface area contributed by atoms with Crippen LogP contribution in [0.3, 0.4) is 0 Å². The highest BCUT2D eigenvalue weighted by atomic mass is 35.5. The fourth-order valence-electron chi connectivity index (χ4n) is 3.84. The number of halogens is 3. The van der Waals surface area contributed by atoms with Crippen LogP contribution in [0.1, 0.15) is 15.9 Å². The van der Waals surface area contributed by atoms with Crippen LogP contribution in [-0.2, 0) is 20.8 Å². The molecule has 5 rings (SSSR count). The Morgan fingerprint density at radius 2 is 1.94 bits per heavy atom. The number of esters is 1. The first kappa shape index (κ1) is 22.7. The molecule has 0 unspecified atom stereocenters. The molecule has 0 amide bonds. The van der Waals surface area contributed by atoms with Crippen molar-refractivity contribution in [2.45, 2.75) is 31.0 Å². The standard InChI is InChI=1S/C21H18ClF2N3O7/c1-30-20(29)8-2-11(23)9(12(24)3-8)5-33-19-10(22)4-13-18(26-19)27-21(25-13)34-15-7-32-16-14(28)6-31-17(15)16/h2-4,14-17,28H,5-7H2,1H3,(H,25,26,27)/t14-,15-,16-,17-/m1/s1. The summed E-state index contributed by atoms with van der Waals surface area (Å²) in [7, 11) is 1.11. The minimum absolute atomic E-state index is 0.0706. The summed E-state index contributed by atoms with van der Waals surface area (Å²) in [5.41, 5.74) is -0.0419. The Balaban J connectivity index is 1.31. The number of ether oxygens (including phenoxy) is 5. The number of hydrogen-bond acceptors (Lipinski definition) is 9. The first-order valence-electron chi connectivity index (χ1n) is 10.2. The number of pyridine rings is 1. The zero-order valence-corrected chi connectivity index (χ0v) is 18.3. The van der Waals surface area contributed by atoms with Crippen LogP contribution >= 0.6 is 11.6 Å². The molecule has 0 radical (unpaired) electrons. The van der Waals surface area contributed by atoms with E-state index in [1.807, 2.05) is 0 Å². The van der Waals surface area contributed by atoms with Crippen molar-refractivity contribution < 1.29 is 42.4 Å². The number of aliphatic hydroxyl groups excluding tert-OH is 1. The molecule has 0 spiro atoms. The monoisotopic (exact) mass is 497 g/mol. The molecule has 180 valence electrons. The Kier molecular flexibility index (Phi) is 5.98. The van der Waals surface area contributed by atoms with Crippen molar-refractivity contribution in [2.75, 3.05) is 20.3 Å². The third-order valence-corrected chi connectivity index (χ3v) is 5.80. The van der Waals surface area contributed by atoms with Gasteiger partial charge in [-0.3, -0.25) is 0 Å². The van der Waals surface area contributed by atoms with Gasteiger partial charge < -0.3 is 33.8 Å². The quantitative estimate of drug-likeness (QED) is 0.493. The highest BCUT2D eigenvalue weighted by Gasteiger charge is 2.48. The van der Waals surface area contributed by atoms with Crippen molar-refractivity contribution >= 4 is 28.7 Å². The second-order valence-electron chi connectivity index (χ2n) is 7.71. The number of carbonyl (C=O) groups excluding carboxylic acids is 1. The predicted octanol–water partition coefficient (Wildman–Crippen LogP) is 2.16. The molecule has 2 aliphatic heterocycles. The average molecular weight is 498 g/mol. The lowest BCUT2D eigenvalue weighted by molar-refractivity contribution is 0.00706. The van der Waals surface area contributed by atoms with E-state index >= 15 is 0 Å². The predicted molar refractivity (Wildman–Crippen MR) is 111 cm³/mol. The summed E-state index contributed by atoms with van der Waals surface area (Å²) in [5.74, 6) is -2.93. The van der Waals surface area contributed by atoms with Crippen molar-refractivity contribution in [1.82, 2.24) is 15.0 Å². The zero-order valence-electron chi connectivity index (χ0n) is 17.6. The molecule has 3 aromatic rings. The van der Waals surface area contributed by atoms with E-state index in [2.05, 4.69) is 19.7 Å². The van der Waals surface area contributed by atoms with Crippen molar-refractivity contribution in [3.05, 3.63) is 46.0 Å². The number of nitrogens with one attached hydrogen (secondary N) is 1. The summed E-state index contributed by atoms with van der Waals surface area (Å²) in [6.45, 7) is -0.148. The van der Waals surface area contributed by atoms with Crippen LogP contribution in [0.15, 0.2) is 18.2 Å². The lowest BCUT2D eigenvalue weighted by atomic mass is 10.1. The van der Waals surface area contributed by atoms with Crippen LogP contribution in [0.5, 0.6) is 11.9 Å². The fourth-order valence-corrected chi connectivity index (χ4v) is 4.05. The normalized spacial score (nSPS) is 23.8. The third kappa shape index (κ3) is 4.13. The number of aromatic nitrogens is 3. The Morgan fingerprint density at radius 3 is 2.68 bits per heavy atom. The Hall–Kier alpha value is -3.06. The maximum atomic E-state index is 14.3. The molecule has 2 aliphatic rings. The molecular formula is C21H18ClF2N3O7. The summed E-state index contributed by atoms with van der Waals surface area (Å²) < 4.78 is 55.4. The molecule has 0 bridgehead atoms. The second kappa shape index (κ2) is 8.95. The van der Waals surface area contributed by atoms with Crippen LogP contribution < -0.4 is 9.47 Å². The van der Waals surface area contributed by atoms with Gasteiger partial charge in [0.2, 0.25) is 5.88 Å². The van der Waals surface area contributed by atoms with E-state index in [4.69, 9.17) is 30.5 Å². The van der Waals surface area contributed by atoms with Crippen LogP contribution in [0.2, 0.25) is 5.02 Å². The van der Waals surface area contributed by atoms with Crippen LogP contribution in [0.25, 0.3) is 11.2 Å². The van der Waals surface area contributed by atoms with Gasteiger partial charge in [-0.05, 0) is 18.2 Å². The second-order valence-corrected chi connectivity index (χ2v) is 8.11. The van der Waals surface area contributed by atoms with E-state index in [1.54, 1.807) is 0 Å². The molecule has 10 nitrogen and oxygen atoms in total. The molecule has 1 aromatic carbocycles. The van der Waals surface area contributed by atoms with Crippen molar-refractivity contribution in [2.24, 2.45) is 0 Å². The minimum atomic E-state index is -0.982. The number of H-pyrrole nitrogens is 1. The summed E-state index contributed by atoms with van der Waals surface area (Å²) in [4.78, 5) is 22.8. The molecule has 2 fully saturated rings. The fraction of sp³-hybridized carbons (Fsp3) is 0.381. The maximum absolute atomic E-state index is 14.3. The number of aromatic amines is 1. The Bertz CT molecular complexity index is 1230. The smallest absolute Gasteiger partial charge is 0.338 e. The molecule has 13 heteroatoms. The average Bonchev–Trinajstić information content (AvgIpc) is 3.49. The zero-order chi connectivity index (χ0) is 24.0. The molecule has 4 atom stereocenters. The van der Waals surface area contributed by atoms with Crippen LogP contribution in [0, 0.1) is 11.6 Å². The van der Waals surface area contributed by atoms with Crippen LogP contribution in [0.4, 0.5) is 8.78 Å². The van der Waals surface area contributed by atoms with Gasteiger partial charge in [0.25, 0.3) is 6.01 Å². The van der Waals surface area contributed by atoms with Gasteiger partial charge in [0.1, 0.15) is 41.6 Å². The maximum Gasteiger partial charge on any atom is 0.338 e. The van der Waals surface area contributed by atoms with Crippen LogP contribution in [-0.4, -0.2) is 70.8 Å². The van der Waals surface area contributed by atoms with Gasteiger partial charge in [0, 0.05) is 0 Å². The first-order valence-corrected chi connectivity index (χ1v) is 10.5. The van der Waals surface area contributed by atoms with E-state index in [-0.39, 0.29) is 41.3 Å². The molecule has 4 heterocycles. The number of benzene rings is 1. The highest BCUT2D eigenvalue weighted by Crippen LogP contribution is 2.31. The van der Waals surface area contributed by atoms with Crippen molar-refractivity contribution in [1.29, 1.82) is 0 Å². The van der Waals surface area contributed by atoms with Gasteiger partial charge in [0.15, 0.2) is 11.8 Å². The van der Waals surface area contributed by atoms with E-state index in [0.717, 1.165) is 19.2 Å². The summed E-state index contributed by atoms with van der Waals surface area (Å²) in [6.07, 6.45) is -2.06. The van der Waals surface area contributed by atoms with E-state index in [0.29, 0.717) is 5.52 Å². The lowest BCUT2D eigenvalue weighted by Gasteiger charge is -2.15. The molecular weight excluding hydrogens is 480 g/mol. The number of imidazole rings is 1. The highest BCUT2D eigenvalue weighted by molar-refractivity contribution is 6.32. The van der Waals surface area contributed by atoms with Crippen molar-refractivity contribution in [3.8, 4) is 11.9 Å². The van der Waals surface area contributed by atoms with Gasteiger partial charge in [0.05, 0.1) is 37.0 Å². The van der Waals surface area contributed by atoms with Gasteiger partial charge in [-0.25, -0.2) is 13.6 Å². The topological polar surface area (TPSA) is 125 Å². The number of rotatable bonds is 6. The van der Waals surface area contributed by atoms with Gasteiger partial charge >= 0.3 is 5.97 Å². The molecule has 2 N–H and O–H groups in total. The Morgan fingerprint density at radius 1 is 1.21 bits per heavy atom. The number of hydrogen-bond donors (Lipinski definition) is 2. The molecule has 2 saturated heterocycles. The lowest BCUT2D eigenvalue weighted by Crippen LogP contribution is -2.34.